The van der Waals surface area contributed by atoms with Crippen LogP contribution in [-0.4, -0.2) is 42.0 Å². The maximum absolute atomic E-state index is 14.1. The first-order valence-electron chi connectivity index (χ1n) is 7.42. The summed E-state index contributed by atoms with van der Waals surface area (Å²) in [6.45, 7) is 5.10. The Labute approximate surface area is 119 Å². The molecule has 106 valence electrons. The van der Waals surface area contributed by atoms with Gasteiger partial charge in [0.05, 0.1) is 5.56 Å². The number of hydrogen-bond donors (Lipinski definition) is 0. The maximum atomic E-state index is 14.1. The second-order valence-electron chi connectivity index (χ2n) is 5.81. The van der Waals surface area contributed by atoms with E-state index in [1.54, 1.807) is 12.1 Å². The summed E-state index contributed by atoms with van der Waals surface area (Å²) in [4.78, 5) is 4.88. The molecule has 2 fully saturated rings. The third-order valence-electron chi connectivity index (χ3n) is 4.50. The van der Waals surface area contributed by atoms with Crippen LogP contribution in [-0.2, 0) is 6.54 Å². The van der Waals surface area contributed by atoms with Gasteiger partial charge in [-0.25, -0.2) is 4.39 Å². The van der Waals surface area contributed by atoms with Crippen LogP contribution in [0.25, 0.3) is 0 Å². The summed E-state index contributed by atoms with van der Waals surface area (Å²) in [7, 11) is 0. The van der Waals surface area contributed by atoms with Crippen LogP contribution in [0.1, 0.15) is 30.4 Å². The van der Waals surface area contributed by atoms with E-state index in [9.17, 15) is 4.39 Å². The van der Waals surface area contributed by atoms with Gasteiger partial charge in [-0.2, -0.15) is 5.26 Å². The largest absolute Gasteiger partial charge is 0.299 e. The van der Waals surface area contributed by atoms with Gasteiger partial charge < -0.3 is 0 Å². The predicted molar refractivity (Wildman–Crippen MR) is 75.6 cm³/mol. The minimum absolute atomic E-state index is 0.151. The summed E-state index contributed by atoms with van der Waals surface area (Å²) in [5, 5.41) is 8.88. The van der Waals surface area contributed by atoms with Crippen molar-refractivity contribution in [3.63, 3.8) is 0 Å². The number of halogens is 1. The summed E-state index contributed by atoms with van der Waals surface area (Å²) >= 11 is 0. The van der Waals surface area contributed by atoms with E-state index >= 15 is 0 Å². The van der Waals surface area contributed by atoms with E-state index in [-0.39, 0.29) is 11.4 Å². The summed E-state index contributed by atoms with van der Waals surface area (Å²) in [6, 6.07) is 7.65. The number of hydrogen-bond acceptors (Lipinski definition) is 3. The van der Waals surface area contributed by atoms with Crippen molar-refractivity contribution in [1.82, 2.24) is 9.80 Å². The average molecular weight is 273 g/mol. The lowest BCUT2D eigenvalue weighted by molar-refractivity contribution is 0.229. The Balaban J connectivity index is 1.63. The monoisotopic (exact) mass is 273 g/mol. The SMILES string of the molecule is N#Cc1cccc(CN2CCC(N3CCCC3)C2)c1F. The number of nitriles is 1. The first-order valence-corrected chi connectivity index (χ1v) is 7.42. The highest BCUT2D eigenvalue weighted by atomic mass is 19.1. The zero-order chi connectivity index (χ0) is 13.9. The third-order valence-corrected chi connectivity index (χ3v) is 4.50. The van der Waals surface area contributed by atoms with Gasteiger partial charge in [0.25, 0.3) is 0 Å². The van der Waals surface area contributed by atoms with E-state index in [2.05, 4.69) is 9.80 Å². The molecule has 1 aromatic carbocycles. The Hall–Kier alpha value is -1.44. The zero-order valence-corrected chi connectivity index (χ0v) is 11.7. The molecule has 0 bridgehead atoms. The Morgan fingerprint density at radius 1 is 1.25 bits per heavy atom. The molecule has 0 aliphatic carbocycles. The molecule has 2 heterocycles. The molecule has 0 spiro atoms. The van der Waals surface area contributed by atoms with Crippen LogP contribution in [0.15, 0.2) is 18.2 Å². The van der Waals surface area contributed by atoms with E-state index < -0.39 is 0 Å². The molecule has 2 aliphatic heterocycles. The van der Waals surface area contributed by atoms with Crippen LogP contribution in [0, 0.1) is 17.1 Å². The van der Waals surface area contributed by atoms with Crippen molar-refractivity contribution in [2.24, 2.45) is 0 Å². The molecule has 4 heteroatoms. The molecule has 3 nitrogen and oxygen atoms in total. The molecule has 2 aliphatic rings. The van der Waals surface area contributed by atoms with Crippen LogP contribution < -0.4 is 0 Å². The lowest BCUT2D eigenvalue weighted by Crippen LogP contribution is -2.35. The summed E-state index contributed by atoms with van der Waals surface area (Å²) in [6.07, 6.45) is 3.81. The topological polar surface area (TPSA) is 30.3 Å². The van der Waals surface area contributed by atoms with Gasteiger partial charge in [-0.05, 0) is 38.4 Å². The molecule has 1 aromatic rings. The molecule has 0 amide bonds. The summed E-state index contributed by atoms with van der Waals surface area (Å²) in [5.74, 6) is -0.348. The average Bonchev–Trinajstić information content (AvgIpc) is 3.11. The van der Waals surface area contributed by atoms with Crippen LogP contribution in [0.4, 0.5) is 4.39 Å². The number of rotatable bonds is 3. The van der Waals surface area contributed by atoms with Gasteiger partial charge in [0.1, 0.15) is 11.9 Å². The van der Waals surface area contributed by atoms with Crippen molar-refractivity contribution in [3.05, 3.63) is 35.1 Å². The third kappa shape index (κ3) is 2.70. The molecule has 0 N–H and O–H groups in total. The molecule has 3 rings (SSSR count). The summed E-state index contributed by atoms with van der Waals surface area (Å²) in [5.41, 5.74) is 0.795. The van der Waals surface area contributed by atoms with Crippen molar-refractivity contribution in [1.29, 1.82) is 5.26 Å². The Morgan fingerprint density at radius 3 is 2.80 bits per heavy atom. The smallest absolute Gasteiger partial charge is 0.145 e. The first kappa shape index (κ1) is 13.5. The van der Waals surface area contributed by atoms with Gasteiger partial charge >= 0.3 is 0 Å². The van der Waals surface area contributed by atoms with E-state index in [0.717, 1.165) is 13.1 Å². The molecule has 1 unspecified atom stereocenters. The van der Waals surface area contributed by atoms with Crippen molar-refractivity contribution < 1.29 is 4.39 Å². The van der Waals surface area contributed by atoms with Crippen molar-refractivity contribution in [2.75, 3.05) is 26.2 Å². The van der Waals surface area contributed by atoms with Crippen LogP contribution >= 0.6 is 0 Å². The van der Waals surface area contributed by atoms with Gasteiger partial charge in [0, 0.05) is 31.2 Å². The fourth-order valence-electron chi connectivity index (χ4n) is 3.39. The highest BCUT2D eigenvalue weighted by molar-refractivity contribution is 5.34. The standard InChI is InChI=1S/C16H20FN3/c17-16-13(10-18)4-3-5-14(16)11-19-9-6-15(12-19)20-7-1-2-8-20/h3-5,15H,1-2,6-9,11-12H2. The van der Waals surface area contributed by atoms with Crippen LogP contribution in [0.3, 0.4) is 0 Å². The quantitative estimate of drug-likeness (QED) is 0.847. The molecule has 2 saturated heterocycles. The van der Waals surface area contributed by atoms with E-state index in [0.29, 0.717) is 18.2 Å². The van der Waals surface area contributed by atoms with Crippen LogP contribution in [0.2, 0.25) is 0 Å². The molecule has 1 atom stereocenters. The van der Waals surface area contributed by atoms with Crippen molar-refractivity contribution >= 4 is 0 Å². The minimum Gasteiger partial charge on any atom is -0.299 e. The fourth-order valence-corrected chi connectivity index (χ4v) is 3.39. The Kier molecular flexibility index (Phi) is 4.00. The van der Waals surface area contributed by atoms with Gasteiger partial charge in [0.2, 0.25) is 0 Å². The van der Waals surface area contributed by atoms with E-state index in [1.165, 1.54) is 38.4 Å². The number of nitrogens with zero attached hydrogens (tertiary/aromatic N) is 3. The van der Waals surface area contributed by atoms with Crippen LogP contribution in [0.5, 0.6) is 0 Å². The maximum Gasteiger partial charge on any atom is 0.145 e. The molecule has 0 aromatic heterocycles. The molecular formula is C16H20FN3. The fraction of sp³-hybridized carbons (Fsp3) is 0.562. The minimum atomic E-state index is -0.348. The lowest BCUT2D eigenvalue weighted by Gasteiger charge is -2.23. The Bertz CT molecular complexity index is 517. The first-order chi connectivity index (χ1) is 9.78. The molecular weight excluding hydrogens is 253 g/mol. The number of likely N-dealkylation sites (tertiary alicyclic amines) is 2. The highest BCUT2D eigenvalue weighted by Gasteiger charge is 2.29. The second-order valence-corrected chi connectivity index (χ2v) is 5.81. The normalized spacial score (nSPS) is 24.1. The van der Waals surface area contributed by atoms with Crippen molar-refractivity contribution in [2.45, 2.75) is 31.8 Å². The molecule has 0 radical (unpaired) electrons. The predicted octanol–water partition coefficient (Wildman–Crippen LogP) is 2.37. The van der Waals surface area contributed by atoms with Crippen molar-refractivity contribution in [3.8, 4) is 6.07 Å². The second kappa shape index (κ2) is 5.90. The van der Waals surface area contributed by atoms with E-state index in [4.69, 9.17) is 5.26 Å². The van der Waals surface area contributed by atoms with Gasteiger partial charge in [-0.3, -0.25) is 9.80 Å². The Morgan fingerprint density at radius 2 is 2.05 bits per heavy atom. The lowest BCUT2D eigenvalue weighted by atomic mass is 10.1. The van der Waals surface area contributed by atoms with Gasteiger partial charge in [-0.15, -0.1) is 0 Å². The van der Waals surface area contributed by atoms with E-state index in [1.807, 2.05) is 6.07 Å². The number of benzene rings is 1. The van der Waals surface area contributed by atoms with Gasteiger partial charge in [0.15, 0.2) is 0 Å². The highest BCUT2D eigenvalue weighted by Crippen LogP contribution is 2.23. The molecule has 20 heavy (non-hydrogen) atoms. The molecule has 0 saturated carbocycles. The zero-order valence-electron chi connectivity index (χ0n) is 11.7. The van der Waals surface area contributed by atoms with Gasteiger partial charge in [-0.1, -0.05) is 12.1 Å². The summed E-state index contributed by atoms with van der Waals surface area (Å²) < 4.78 is 14.1.